The molecule has 0 N–H and O–H groups in total. The molecule has 1 amide bonds. The summed E-state index contributed by atoms with van der Waals surface area (Å²) in [6.07, 6.45) is 1.43. The fourth-order valence-electron chi connectivity index (χ4n) is 2.18. The maximum Gasteiger partial charge on any atom is 0.410 e. The van der Waals surface area contributed by atoms with Crippen LogP contribution in [0.2, 0.25) is 0 Å². The van der Waals surface area contributed by atoms with Crippen LogP contribution in [0.1, 0.15) is 33.4 Å². The number of hydrogen-bond acceptors (Lipinski definition) is 4. The van der Waals surface area contributed by atoms with Crippen molar-refractivity contribution in [1.29, 1.82) is 0 Å². The van der Waals surface area contributed by atoms with Gasteiger partial charge in [0.25, 0.3) is 0 Å². The molecule has 5 nitrogen and oxygen atoms in total. The first kappa shape index (κ1) is 14.8. The van der Waals surface area contributed by atoms with Gasteiger partial charge in [-0.3, -0.25) is 4.98 Å². The Bertz CT molecular complexity index is 470. The van der Waals surface area contributed by atoms with Crippen molar-refractivity contribution in [3.05, 3.63) is 30.1 Å². The van der Waals surface area contributed by atoms with E-state index in [0.717, 1.165) is 5.69 Å². The summed E-state index contributed by atoms with van der Waals surface area (Å²) < 4.78 is 11.3. The van der Waals surface area contributed by atoms with Gasteiger partial charge in [0.15, 0.2) is 0 Å². The number of amides is 1. The maximum atomic E-state index is 12.2. The summed E-state index contributed by atoms with van der Waals surface area (Å²) in [6, 6.07) is 5.70. The maximum absolute atomic E-state index is 12.2. The van der Waals surface area contributed by atoms with Crippen LogP contribution in [0.3, 0.4) is 0 Å². The van der Waals surface area contributed by atoms with Crippen molar-refractivity contribution < 1.29 is 14.3 Å². The van der Waals surface area contributed by atoms with Gasteiger partial charge in [-0.1, -0.05) is 6.07 Å². The number of aromatic nitrogens is 1. The number of carbonyl (C=O) groups excluding carboxylic acids is 1. The lowest BCUT2D eigenvalue weighted by Crippen LogP contribution is -2.51. The molecule has 20 heavy (non-hydrogen) atoms. The molecule has 1 atom stereocenters. The Morgan fingerprint density at radius 1 is 1.45 bits per heavy atom. The molecule has 0 unspecified atom stereocenters. The third kappa shape index (κ3) is 3.48. The normalized spacial score (nSPS) is 23.5. The van der Waals surface area contributed by atoms with E-state index < -0.39 is 11.2 Å². The predicted molar refractivity (Wildman–Crippen MR) is 75.3 cm³/mol. The van der Waals surface area contributed by atoms with Crippen LogP contribution in [-0.4, -0.2) is 41.3 Å². The SMILES string of the molecule is CC(C)(C)OC(=O)N1CCO[C@](C)(c2ccccn2)C1. The Hall–Kier alpha value is -1.62. The molecule has 5 heteroatoms. The molecule has 1 aliphatic heterocycles. The Kier molecular flexibility index (Phi) is 3.99. The third-order valence-corrected chi connectivity index (χ3v) is 3.13. The number of nitrogens with zero attached hydrogens (tertiary/aromatic N) is 2. The lowest BCUT2D eigenvalue weighted by molar-refractivity contribution is -0.105. The van der Waals surface area contributed by atoms with Gasteiger partial charge in [0, 0.05) is 12.7 Å². The summed E-state index contributed by atoms with van der Waals surface area (Å²) in [5.41, 5.74) is -0.249. The van der Waals surface area contributed by atoms with Crippen LogP contribution in [0.15, 0.2) is 24.4 Å². The van der Waals surface area contributed by atoms with Crippen LogP contribution in [0.25, 0.3) is 0 Å². The highest BCUT2D eigenvalue weighted by Crippen LogP contribution is 2.28. The second kappa shape index (κ2) is 5.40. The number of pyridine rings is 1. The molecule has 0 radical (unpaired) electrons. The van der Waals surface area contributed by atoms with Crippen molar-refractivity contribution in [2.45, 2.75) is 38.9 Å². The van der Waals surface area contributed by atoms with Gasteiger partial charge >= 0.3 is 6.09 Å². The molecule has 2 rings (SSSR count). The standard InChI is InChI=1S/C15H22N2O3/c1-14(2,3)20-13(18)17-9-10-19-15(4,11-17)12-7-5-6-8-16-12/h5-8H,9-11H2,1-4H3/t15-/m0/s1. The van der Waals surface area contributed by atoms with Crippen LogP contribution in [-0.2, 0) is 15.1 Å². The van der Waals surface area contributed by atoms with Crippen molar-refractivity contribution in [3.8, 4) is 0 Å². The van der Waals surface area contributed by atoms with Crippen LogP contribution in [0.4, 0.5) is 4.79 Å². The van der Waals surface area contributed by atoms with Gasteiger partial charge in [-0.25, -0.2) is 4.79 Å². The molecular weight excluding hydrogens is 256 g/mol. The van der Waals surface area contributed by atoms with Gasteiger partial charge in [-0.15, -0.1) is 0 Å². The third-order valence-electron chi connectivity index (χ3n) is 3.13. The summed E-state index contributed by atoms with van der Waals surface area (Å²) >= 11 is 0. The number of rotatable bonds is 1. The molecule has 0 aromatic carbocycles. The van der Waals surface area contributed by atoms with Gasteiger partial charge in [0.1, 0.15) is 11.2 Å². The molecule has 0 aliphatic carbocycles. The van der Waals surface area contributed by atoms with Crippen LogP contribution in [0.5, 0.6) is 0 Å². The van der Waals surface area contributed by atoms with Gasteiger partial charge < -0.3 is 14.4 Å². The van der Waals surface area contributed by atoms with Gasteiger partial charge in [0.05, 0.1) is 18.8 Å². The van der Waals surface area contributed by atoms with E-state index >= 15 is 0 Å². The zero-order chi connectivity index (χ0) is 14.8. The van der Waals surface area contributed by atoms with E-state index in [1.807, 2.05) is 45.9 Å². The van der Waals surface area contributed by atoms with Crippen molar-refractivity contribution in [3.63, 3.8) is 0 Å². The van der Waals surface area contributed by atoms with E-state index in [-0.39, 0.29) is 6.09 Å². The number of morpholine rings is 1. The first-order valence-corrected chi connectivity index (χ1v) is 6.84. The Morgan fingerprint density at radius 2 is 2.20 bits per heavy atom. The fourth-order valence-corrected chi connectivity index (χ4v) is 2.18. The minimum Gasteiger partial charge on any atom is -0.444 e. The number of carbonyl (C=O) groups is 1. The average molecular weight is 278 g/mol. The summed E-state index contributed by atoms with van der Waals surface area (Å²) in [6.45, 7) is 9.00. The summed E-state index contributed by atoms with van der Waals surface area (Å²) in [5.74, 6) is 0. The average Bonchev–Trinajstić information content (AvgIpc) is 2.38. The predicted octanol–water partition coefficient (Wildman–Crippen LogP) is 2.56. The highest BCUT2D eigenvalue weighted by atomic mass is 16.6. The molecule has 0 spiro atoms. The monoisotopic (exact) mass is 278 g/mol. The lowest BCUT2D eigenvalue weighted by atomic mass is 9.99. The number of hydrogen-bond donors (Lipinski definition) is 0. The largest absolute Gasteiger partial charge is 0.444 e. The minimum atomic E-state index is -0.587. The molecule has 1 saturated heterocycles. The second-order valence-electron chi connectivity index (χ2n) is 6.20. The minimum absolute atomic E-state index is 0.303. The van der Waals surface area contributed by atoms with E-state index in [1.54, 1.807) is 11.1 Å². The topological polar surface area (TPSA) is 51.7 Å². The van der Waals surface area contributed by atoms with E-state index in [4.69, 9.17) is 9.47 Å². The quantitative estimate of drug-likeness (QED) is 0.792. The molecule has 1 aromatic rings. The van der Waals surface area contributed by atoms with Crippen LogP contribution >= 0.6 is 0 Å². The molecule has 0 bridgehead atoms. The second-order valence-corrected chi connectivity index (χ2v) is 6.20. The summed E-state index contributed by atoms with van der Waals surface area (Å²) in [5, 5.41) is 0. The van der Waals surface area contributed by atoms with Crippen LogP contribution < -0.4 is 0 Å². The van der Waals surface area contributed by atoms with E-state index in [1.165, 1.54) is 0 Å². The van der Waals surface area contributed by atoms with Crippen molar-refractivity contribution in [1.82, 2.24) is 9.88 Å². The van der Waals surface area contributed by atoms with Crippen molar-refractivity contribution in [2.75, 3.05) is 19.7 Å². The van der Waals surface area contributed by atoms with Gasteiger partial charge in [0.2, 0.25) is 0 Å². The van der Waals surface area contributed by atoms with E-state index in [9.17, 15) is 4.79 Å². The molecule has 1 aliphatic rings. The van der Waals surface area contributed by atoms with Gasteiger partial charge in [-0.2, -0.15) is 0 Å². The Morgan fingerprint density at radius 3 is 2.80 bits per heavy atom. The lowest BCUT2D eigenvalue weighted by Gasteiger charge is -2.40. The zero-order valence-electron chi connectivity index (χ0n) is 12.5. The molecular formula is C15H22N2O3. The molecule has 1 fully saturated rings. The van der Waals surface area contributed by atoms with E-state index in [2.05, 4.69) is 4.98 Å². The fraction of sp³-hybridized carbons (Fsp3) is 0.600. The molecule has 2 heterocycles. The summed E-state index contributed by atoms with van der Waals surface area (Å²) in [7, 11) is 0. The van der Waals surface area contributed by atoms with Crippen LogP contribution in [0, 0.1) is 0 Å². The van der Waals surface area contributed by atoms with E-state index in [0.29, 0.717) is 19.7 Å². The highest BCUT2D eigenvalue weighted by molar-refractivity contribution is 5.68. The first-order valence-electron chi connectivity index (χ1n) is 6.84. The molecule has 110 valence electrons. The van der Waals surface area contributed by atoms with Gasteiger partial charge in [-0.05, 0) is 39.8 Å². The molecule has 1 aromatic heterocycles. The Balaban J connectivity index is 2.11. The first-order chi connectivity index (χ1) is 9.30. The van der Waals surface area contributed by atoms with Crippen molar-refractivity contribution in [2.24, 2.45) is 0 Å². The Labute approximate surface area is 119 Å². The highest BCUT2D eigenvalue weighted by Gasteiger charge is 2.38. The number of ether oxygens (including phenoxy) is 2. The molecule has 0 saturated carbocycles. The van der Waals surface area contributed by atoms with Crippen molar-refractivity contribution >= 4 is 6.09 Å². The summed E-state index contributed by atoms with van der Waals surface area (Å²) in [4.78, 5) is 18.2. The smallest absolute Gasteiger partial charge is 0.410 e. The zero-order valence-corrected chi connectivity index (χ0v) is 12.5.